The number of hydrogen-bond acceptors (Lipinski definition) is 3. The van der Waals surface area contributed by atoms with Crippen LogP contribution in [-0.4, -0.2) is 46.8 Å². The molecule has 0 saturated heterocycles. The van der Waals surface area contributed by atoms with Crippen LogP contribution < -0.4 is 5.32 Å². The third-order valence-electron chi connectivity index (χ3n) is 2.45. The molecule has 0 unspecified atom stereocenters. The first-order valence-electron chi connectivity index (χ1n) is 5.80. The van der Waals surface area contributed by atoms with Gasteiger partial charge in [0.2, 0.25) is 0 Å². The fraction of sp³-hybridized carbons (Fsp3) is 0.231. The molecule has 0 radical (unpaired) electrons. The maximum absolute atomic E-state index is 12.0. The van der Waals surface area contributed by atoms with E-state index in [0.717, 1.165) is 0 Å². The molecule has 7 heteroatoms. The molecular formula is C13H15BrN2O4. The van der Waals surface area contributed by atoms with Crippen molar-refractivity contribution in [2.75, 3.05) is 25.0 Å². The molecular weight excluding hydrogens is 328 g/mol. The fourth-order valence-corrected chi connectivity index (χ4v) is 1.94. The lowest BCUT2D eigenvalue weighted by Crippen LogP contribution is -2.37. The van der Waals surface area contributed by atoms with E-state index >= 15 is 0 Å². The minimum atomic E-state index is -1.09. The smallest absolute Gasteiger partial charge is 0.336 e. The summed E-state index contributed by atoms with van der Waals surface area (Å²) in [5.74, 6) is -1.09. The number of nitrogens with one attached hydrogen (secondary N) is 1. The number of carbonyl (C=O) groups excluding carboxylic acids is 1. The van der Waals surface area contributed by atoms with Crippen molar-refractivity contribution >= 4 is 33.6 Å². The summed E-state index contributed by atoms with van der Waals surface area (Å²) < 4.78 is 0.432. The Morgan fingerprint density at radius 2 is 2.15 bits per heavy atom. The van der Waals surface area contributed by atoms with Crippen molar-refractivity contribution in [2.24, 2.45) is 0 Å². The second-order valence-corrected chi connectivity index (χ2v) is 4.74. The summed E-state index contributed by atoms with van der Waals surface area (Å²) in [7, 11) is 0. The van der Waals surface area contributed by atoms with Crippen LogP contribution in [0.4, 0.5) is 10.5 Å². The number of nitrogens with zero attached hydrogens (tertiary/aromatic N) is 1. The van der Waals surface area contributed by atoms with Gasteiger partial charge in [-0.2, -0.15) is 0 Å². The summed E-state index contributed by atoms with van der Waals surface area (Å²) in [6.45, 7) is 3.82. The summed E-state index contributed by atoms with van der Waals surface area (Å²) in [4.78, 5) is 24.3. The SMILES string of the molecule is C=CCN(CCO)C(=O)Nc1ccc(Br)c(C(=O)O)c1. The summed E-state index contributed by atoms with van der Waals surface area (Å²) in [6, 6.07) is 4.05. The second kappa shape index (κ2) is 7.66. The van der Waals surface area contributed by atoms with Crippen molar-refractivity contribution in [2.45, 2.75) is 0 Å². The molecule has 0 aromatic heterocycles. The number of halogens is 1. The molecule has 0 aliphatic heterocycles. The quantitative estimate of drug-likeness (QED) is 0.691. The minimum absolute atomic E-state index is 0.0558. The summed E-state index contributed by atoms with van der Waals surface area (Å²) in [6.07, 6.45) is 1.54. The first-order chi connectivity index (χ1) is 9.49. The molecule has 2 amide bonds. The van der Waals surface area contributed by atoms with Crippen LogP contribution in [0.2, 0.25) is 0 Å². The van der Waals surface area contributed by atoms with Crippen molar-refractivity contribution < 1.29 is 19.8 Å². The molecule has 1 aromatic carbocycles. The molecule has 0 bridgehead atoms. The van der Waals surface area contributed by atoms with Gasteiger partial charge in [-0.3, -0.25) is 0 Å². The van der Waals surface area contributed by atoms with Crippen LogP contribution in [-0.2, 0) is 0 Å². The number of carboxylic acid groups (broad SMARTS) is 1. The van der Waals surface area contributed by atoms with Gasteiger partial charge in [0.1, 0.15) is 0 Å². The number of anilines is 1. The Hall–Kier alpha value is -1.86. The van der Waals surface area contributed by atoms with Crippen molar-refractivity contribution in [1.29, 1.82) is 0 Å². The van der Waals surface area contributed by atoms with Gasteiger partial charge in [0.15, 0.2) is 0 Å². The highest BCUT2D eigenvalue weighted by Crippen LogP contribution is 2.21. The molecule has 3 N–H and O–H groups in total. The van der Waals surface area contributed by atoms with Gasteiger partial charge in [0, 0.05) is 23.2 Å². The van der Waals surface area contributed by atoms with Gasteiger partial charge < -0.3 is 20.4 Å². The predicted octanol–water partition coefficient (Wildman–Crippen LogP) is 2.16. The Morgan fingerprint density at radius 3 is 2.70 bits per heavy atom. The number of carbonyl (C=O) groups is 2. The highest BCUT2D eigenvalue weighted by atomic mass is 79.9. The minimum Gasteiger partial charge on any atom is -0.478 e. The Bertz CT molecular complexity index is 519. The van der Waals surface area contributed by atoms with Gasteiger partial charge in [-0.1, -0.05) is 6.08 Å². The fourth-order valence-electron chi connectivity index (χ4n) is 1.52. The first kappa shape index (κ1) is 16.2. The molecule has 0 heterocycles. The largest absolute Gasteiger partial charge is 0.478 e. The van der Waals surface area contributed by atoms with E-state index in [4.69, 9.17) is 10.2 Å². The van der Waals surface area contributed by atoms with Gasteiger partial charge in [0.05, 0.1) is 12.2 Å². The van der Waals surface area contributed by atoms with Crippen molar-refractivity contribution in [3.05, 3.63) is 40.9 Å². The molecule has 108 valence electrons. The zero-order chi connectivity index (χ0) is 15.1. The highest BCUT2D eigenvalue weighted by molar-refractivity contribution is 9.10. The Kier molecular flexibility index (Phi) is 6.20. The zero-order valence-corrected chi connectivity index (χ0v) is 12.3. The lowest BCUT2D eigenvalue weighted by atomic mass is 10.2. The van der Waals surface area contributed by atoms with Crippen LogP contribution in [0.1, 0.15) is 10.4 Å². The molecule has 0 fully saturated rings. The van der Waals surface area contributed by atoms with E-state index in [9.17, 15) is 9.59 Å². The van der Waals surface area contributed by atoms with E-state index in [0.29, 0.717) is 10.2 Å². The number of benzene rings is 1. The summed E-state index contributed by atoms with van der Waals surface area (Å²) in [5, 5.41) is 20.5. The van der Waals surface area contributed by atoms with E-state index in [1.165, 1.54) is 11.0 Å². The Labute approximate surface area is 124 Å². The summed E-state index contributed by atoms with van der Waals surface area (Å²) in [5.41, 5.74) is 0.419. The van der Waals surface area contributed by atoms with E-state index in [2.05, 4.69) is 27.8 Å². The second-order valence-electron chi connectivity index (χ2n) is 3.89. The number of urea groups is 1. The Morgan fingerprint density at radius 1 is 1.45 bits per heavy atom. The normalized spacial score (nSPS) is 9.90. The van der Waals surface area contributed by atoms with Gasteiger partial charge >= 0.3 is 12.0 Å². The number of hydrogen-bond donors (Lipinski definition) is 3. The van der Waals surface area contributed by atoms with Crippen molar-refractivity contribution in [3.8, 4) is 0 Å². The average molecular weight is 343 g/mol. The van der Waals surface area contributed by atoms with Gasteiger partial charge in [0.25, 0.3) is 0 Å². The van der Waals surface area contributed by atoms with Crippen LogP contribution >= 0.6 is 15.9 Å². The molecule has 20 heavy (non-hydrogen) atoms. The lowest BCUT2D eigenvalue weighted by Gasteiger charge is -2.20. The number of aliphatic hydroxyl groups is 1. The van der Waals surface area contributed by atoms with Crippen LogP contribution in [0, 0.1) is 0 Å². The molecule has 6 nitrogen and oxygen atoms in total. The monoisotopic (exact) mass is 342 g/mol. The maximum Gasteiger partial charge on any atom is 0.336 e. The molecule has 1 rings (SSSR count). The summed E-state index contributed by atoms with van der Waals surface area (Å²) >= 11 is 3.13. The molecule has 0 aliphatic carbocycles. The van der Waals surface area contributed by atoms with E-state index in [1.807, 2.05) is 0 Å². The van der Waals surface area contributed by atoms with Crippen molar-refractivity contribution in [1.82, 2.24) is 4.90 Å². The zero-order valence-electron chi connectivity index (χ0n) is 10.7. The van der Waals surface area contributed by atoms with Gasteiger partial charge in [-0.25, -0.2) is 9.59 Å². The van der Waals surface area contributed by atoms with Crippen molar-refractivity contribution in [3.63, 3.8) is 0 Å². The van der Waals surface area contributed by atoms with E-state index in [1.54, 1.807) is 18.2 Å². The van der Waals surface area contributed by atoms with E-state index in [-0.39, 0.29) is 25.3 Å². The third kappa shape index (κ3) is 4.36. The van der Waals surface area contributed by atoms with Crippen LogP contribution in [0.15, 0.2) is 35.3 Å². The van der Waals surface area contributed by atoms with E-state index < -0.39 is 12.0 Å². The molecule has 0 aliphatic rings. The number of carboxylic acids is 1. The van der Waals surface area contributed by atoms with Crippen LogP contribution in [0.5, 0.6) is 0 Å². The molecule has 0 saturated carbocycles. The number of amides is 2. The number of aromatic carboxylic acids is 1. The topological polar surface area (TPSA) is 89.9 Å². The van der Waals surface area contributed by atoms with Crippen LogP contribution in [0.3, 0.4) is 0 Å². The maximum atomic E-state index is 12.0. The molecule has 0 atom stereocenters. The number of rotatable bonds is 6. The van der Waals surface area contributed by atoms with Gasteiger partial charge in [-0.15, -0.1) is 6.58 Å². The Balaban J connectivity index is 2.86. The highest BCUT2D eigenvalue weighted by Gasteiger charge is 2.14. The third-order valence-corrected chi connectivity index (χ3v) is 3.15. The average Bonchev–Trinajstić information content (AvgIpc) is 2.40. The molecule has 0 spiro atoms. The van der Waals surface area contributed by atoms with Gasteiger partial charge in [-0.05, 0) is 34.1 Å². The predicted molar refractivity (Wildman–Crippen MR) is 79.0 cm³/mol. The lowest BCUT2D eigenvalue weighted by molar-refractivity contribution is 0.0696. The molecule has 1 aromatic rings. The first-order valence-corrected chi connectivity index (χ1v) is 6.59. The van der Waals surface area contributed by atoms with Crippen LogP contribution in [0.25, 0.3) is 0 Å². The number of aliphatic hydroxyl groups excluding tert-OH is 1. The standard InChI is InChI=1S/C13H15BrN2O4/c1-2-5-16(6-7-17)13(20)15-9-3-4-11(14)10(8-9)12(18)19/h2-4,8,17H,1,5-7H2,(H,15,20)(H,18,19).